The molecule has 2 aromatic rings. The Balaban J connectivity index is 1.70. The van der Waals surface area contributed by atoms with Crippen LogP contribution in [0, 0.1) is 5.82 Å². The van der Waals surface area contributed by atoms with E-state index in [1.54, 1.807) is 31.4 Å². The van der Waals surface area contributed by atoms with Gasteiger partial charge in [-0.05, 0) is 74.1 Å². The second-order valence-corrected chi connectivity index (χ2v) is 9.53. The van der Waals surface area contributed by atoms with Crippen molar-refractivity contribution in [3.63, 3.8) is 0 Å². The summed E-state index contributed by atoms with van der Waals surface area (Å²) in [6.07, 6.45) is 7.55. The van der Waals surface area contributed by atoms with Crippen LogP contribution in [0.15, 0.2) is 65.1 Å². The molecular formula is C24H29FN2O4S. The summed E-state index contributed by atoms with van der Waals surface area (Å²) in [5.41, 5.74) is 1.99. The highest BCUT2D eigenvalue weighted by Crippen LogP contribution is 2.24. The standard InChI is InChI=1S/C24H29FN2O4S/c1-31-21-11-7-19(8-12-21)23(27-32(29,30)22-13-9-20(25)10-14-22)17-24(28)26-16-15-18-5-3-2-4-6-18/h5,7-14,23,27H,2-4,6,15-17H2,1H3,(H,26,28)/t23-/m1/s1. The maximum atomic E-state index is 13.2. The minimum Gasteiger partial charge on any atom is -0.497 e. The summed E-state index contributed by atoms with van der Waals surface area (Å²) in [6.45, 7) is 0.519. The molecule has 3 rings (SSSR count). The molecule has 1 aliphatic rings. The van der Waals surface area contributed by atoms with Gasteiger partial charge >= 0.3 is 0 Å². The zero-order valence-electron chi connectivity index (χ0n) is 18.1. The number of allylic oxidation sites excluding steroid dienone is 1. The minimum atomic E-state index is -3.96. The summed E-state index contributed by atoms with van der Waals surface area (Å²) in [5.74, 6) is -0.147. The van der Waals surface area contributed by atoms with Crippen LogP contribution in [0.2, 0.25) is 0 Å². The fourth-order valence-electron chi connectivity index (χ4n) is 3.68. The molecule has 6 nitrogen and oxygen atoms in total. The van der Waals surface area contributed by atoms with Gasteiger partial charge in [0.1, 0.15) is 11.6 Å². The molecule has 2 N–H and O–H groups in total. The number of methoxy groups -OCH3 is 1. The Morgan fingerprint density at radius 3 is 2.44 bits per heavy atom. The van der Waals surface area contributed by atoms with Crippen molar-refractivity contribution in [1.29, 1.82) is 0 Å². The van der Waals surface area contributed by atoms with Gasteiger partial charge in [-0.2, -0.15) is 0 Å². The van der Waals surface area contributed by atoms with E-state index in [2.05, 4.69) is 16.1 Å². The number of benzene rings is 2. The molecule has 0 bridgehead atoms. The van der Waals surface area contributed by atoms with E-state index in [1.807, 2.05) is 0 Å². The highest BCUT2D eigenvalue weighted by atomic mass is 32.2. The van der Waals surface area contributed by atoms with Gasteiger partial charge in [-0.1, -0.05) is 23.8 Å². The van der Waals surface area contributed by atoms with Crippen LogP contribution in [-0.4, -0.2) is 28.0 Å². The van der Waals surface area contributed by atoms with E-state index in [0.717, 1.165) is 31.4 Å². The van der Waals surface area contributed by atoms with E-state index in [-0.39, 0.29) is 17.2 Å². The molecule has 32 heavy (non-hydrogen) atoms. The normalized spacial score (nSPS) is 15.0. The summed E-state index contributed by atoms with van der Waals surface area (Å²) in [7, 11) is -2.42. The fraction of sp³-hybridized carbons (Fsp3) is 0.375. The Bertz CT molecular complexity index is 1030. The zero-order valence-corrected chi connectivity index (χ0v) is 19.0. The van der Waals surface area contributed by atoms with Gasteiger partial charge in [0.15, 0.2) is 0 Å². The molecule has 8 heteroatoms. The van der Waals surface area contributed by atoms with Crippen molar-refractivity contribution in [2.45, 2.75) is 49.5 Å². The van der Waals surface area contributed by atoms with E-state index < -0.39 is 21.9 Å². The number of hydrogen-bond donors (Lipinski definition) is 2. The van der Waals surface area contributed by atoms with Gasteiger partial charge in [-0.15, -0.1) is 0 Å². The van der Waals surface area contributed by atoms with Crippen molar-refractivity contribution in [2.24, 2.45) is 0 Å². The van der Waals surface area contributed by atoms with Gasteiger partial charge in [0.25, 0.3) is 0 Å². The number of carbonyl (C=O) groups excluding carboxylic acids is 1. The molecule has 1 aliphatic carbocycles. The summed E-state index contributed by atoms with van der Waals surface area (Å²) >= 11 is 0. The van der Waals surface area contributed by atoms with Gasteiger partial charge in [-0.3, -0.25) is 4.79 Å². The smallest absolute Gasteiger partial charge is 0.241 e. The molecule has 0 spiro atoms. The highest BCUT2D eigenvalue weighted by Gasteiger charge is 2.24. The van der Waals surface area contributed by atoms with Crippen molar-refractivity contribution in [2.75, 3.05) is 13.7 Å². The van der Waals surface area contributed by atoms with E-state index in [4.69, 9.17) is 4.74 Å². The quantitative estimate of drug-likeness (QED) is 0.519. The maximum Gasteiger partial charge on any atom is 0.241 e. The average Bonchev–Trinajstić information content (AvgIpc) is 2.79. The highest BCUT2D eigenvalue weighted by molar-refractivity contribution is 7.89. The number of halogens is 1. The second-order valence-electron chi connectivity index (χ2n) is 7.81. The topological polar surface area (TPSA) is 84.5 Å². The lowest BCUT2D eigenvalue weighted by Gasteiger charge is -2.20. The molecular weight excluding hydrogens is 431 g/mol. The van der Waals surface area contributed by atoms with Gasteiger partial charge in [0.2, 0.25) is 15.9 Å². The third-order valence-electron chi connectivity index (χ3n) is 5.48. The van der Waals surface area contributed by atoms with E-state index in [9.17, 15) is 17.6 Å². The summed E-state index contributed by atoms with van der Waals surface area (Å²) in [5, 5.41) is 2.90. The largest absolute Gasteiger partial charge is 0.497 e. The number of hydrogen-bond acceptors (Lipinski definition) is 4. The number of rotatable bonds is 10. The van der Waals surface area contributed by atoms with Gasteiger partial charge < -0.3 is 10.1 Å². The maximum absolute atomic E-state index is 13.2. The van der Waals surface area contributed by atoms with Crippen molar-refractivity contribution in [3.8, 4) is 5.75 Å². The summed E-state index contributed by atoms with van der Waals surface area (Å²) < 4.78 is 46.7. The van der Waals surface area contributed by atoms with Crippen LogP contribution < -0.4 is 14.8 Å². The zero-order chi connectivity index (χ0) is 23.0. The Morgan fingerprint density at radius 2 is 1.81 bits per heavy atom. The molecule has 1 atom stereocenters. The van der Waals surface area contributed by atoms with Crippen molar-refractivity contribution < 1.29 is 22.3 Å². The van der Waals surface area contributed by atoms with E-state index in [0.29, 0.717) is 17.9 Å². The fourth-order valence-corrected chi connectivity index (χ4v) is 4.91. The molecule has 2 aromatic carbocycles. The van der Waals surface area contributed by atoms with Crippen molar-refractivity contribution in [3.05, 3.63) is 71.6 Å². The number of sulfonamides is 1. The molecule has 0 heterocycles. The first-order valence-electron chi connectivity index (χ1n) is 10.7. The monoisotopic (exact) mass is 460 g/mol. The van der Waals surface area contributed by atoms with Crippen LogP contribution >= 0.6 is 0 Å². The molecule has 1 amide bonds. The minimum absolute atomic E-state index is 0.0637. The Hall–Kier alpha value is -2.71. The third kappa shape index (κ3) is 6.90. The molecule has 0 radical (unpaired) electrons. The van der Waals surface area contributed by atoms with E-state index in [1.165, 1.54) is 30.5 Å². The van der Waals surface area contributed by atoms with Gasteiger partial charge in [0.05, 0.1) is 18.0 Å². The Labute approximate surface area is 188 Å². The first kappa shape index (κ1) is 23.9. The molecule has 0 aliphatic heterocycles. The molecule has 0 fully saturated rings. The average molecular weight is 461 g/mol. The molecule has 0 unspecified atom stereocenters. The Morgan fingerprint density at radius 1 is 1.09 bits per heavy atom. The van der Waals surface area contributed by atoms with Crippen molar-refractivity contribution >= 4 is 15.9 Å². The van der Waals surface area contributed by atoms with Crippen LogP contribution in [0.5, 0.6) is 5.75 Å². The van der Waals surface area contributed by atoms with Gasteiger partial charge in [-0.25, -0.2) is 17.5 Å². The predicted molar refractivity (Wildman–Crippen MR) is 121 cm³/mol. The van der Waals surface area contributed by atoms with Crippen LogP contribution in [-0.2, 0) is 14.8 Å². The lowest BCUT2D eigenvalue weighted by Crippen LogP contribution is -2.34. The van der Waals surface area contributed by atoms with Crippen LogP contribution in [0.4, 0.5) is 4.39 Å². The molecule has 172 valence electrons. The van der Waals surface area contributed by atoms with Crippen LogP contribution in [0.1, 0.15) is 50.1 Å². The summed E-state index contributed by atoms with van der Waals surface area (Å²) in [6, 6.07) is 10.6. The number of nitrogens with one attached hydrogen (secondary N) is 2. The lowest BCUT2D eigenvalue weighted by molar-refractivity contribution is -0.121. The Kier molecular flexibility index (Phi) is 8.41. The number of ether oxygens (including phenoxy) is 1. The van der Waals surface area contributed by atoms with Crippen LogP contribution in [0.3, 0.4) is 0 Å². The predicted octanol–water partition coefficient (Wildman–Crippen LogP) is 4.25. The summed E-state index contributed by atoms with van der Waals surface area (Å²) in [4.78, 5) is 12.6. The SMILES string of the molecule is COc1ccc([C@@H](CC(=O)NCCC2=CCCCC2)NS(=O)(=O)c2ccc(F)cc2)cc1. The van der Waals surface area contributed by atoms with Gasteiger partial charge in [0, 0.05) is 13.0 Å². The van der Waals surface area contributed by atoms with Crippen LogP contribution in [0.25, 0.3) is 0 Å². The number of amides is 1. The first-order chi connectivity index (χ1) is 15.4. The van der Waals surface area contributed by atoms with E-state index >= 15 is 0 Å². The molecule has 0 saturated heterocycles. The second kappa shape index (κ2) is 11.2. The van der Waals surface area contributed by atoms with Crippen molar-refractivity contribution in [1.82, 2.24) is 10.0 Å². The number of carbonyl (C=O) groups is 1. The first-order valence-corrected chi connectivity index (χ1v) is 12.2. The molecule has 0 aromatic heterocycles. The third-order valence-corrected chi connectivity index (χ3v) is 6.97. The molecule has 0 saturated carbocycles. The lowest BCUT2D eigenvalue weighted by atomic mass is 9.97.